The third-order valence-electron chi connectivity index (χ3n) is 7.00. The lowest BCUT2D eigenvalue weighted by Gasteiger charge is -2.29. The highest BCUT2D eigenvalue weighted by molar-refractivity contribution is 9.10. The first-order valence-corrected chi connectivity index (χ1v) is 13.2. The van der Waals surface area contributed by atoms with E-state index in [0.29, 0.717) is 18.4 Å². The molecule has 0 spiro atoms. The Morgan fingerprint density at radius 1 is 1.14 bits per heavy atom. The molecule has 0 radical (unpaired) electrons. The van der Waals surface area contributed by atoms with Crippen molar-refractivity contribution in [3.63, 3.8) is 0 Å². The molecule has 0 aromatic heterocycles. The molecule has 1 aliphatic carbocycles. The Hall–Kier alpha value is -2.13. The molecule has 3 atom stereocenters. The number of fused-ring (bicyclic) bond motifs is 1. The van der Waals surface area contributed by atoms with Gasteiger partial charge in [-0.05, 0) is 47.7 Å². The molecule has 2 aromatic rings. The highest BCUT2D eigenvalue weighted by Crippen LogP contribution is 2.61. The predicted molar refractivity (Wildman–Crippen MR) is 137 cm³/mol. The van der Waals surface area contributed by atoms with Gasteiger partial charge in [-0.1, -0.05) is 75.0 Å². The van der Waals surface area contributed by atoms with Crippen molar-refractivity contribution in [2.45, 2.75) is 47.0 Å². The van der Waals surface area contributed by atoms with Gasteiger partial charge in [-0.25, -0.2) is 0 Å². The van der Waals surface area contributed by atoms with Crippen molar-refractivity contribution in [1.82, 2.24) is 10.2 Å². The van der Waals surface area contributed by atoms with E-state index in [0.717, 1.165) is 21.2 Å². The Kier molecular flexibility index (Phi) is 6.60. The Labute approximate surface area is 230 Å². The number of hydrogen-bond donors (Lipinski definition) is 1. The third kappa shape index (κ3) is 4.64. The third-order valence-corrected chi connectivity index (χ3v) is 7.86. The molecule has 5 rings (SSSR count). The summed E-state index contributed by atoms with van der Waals surface area (Å²) in [5.74, 6) is -1.72. The van der Waals surface area contributed by atoms with Crippen LogP contribution in [0.4, 0.5) is 0 Å². The molecule has 2 aliphatic heterocycles. The smallest absolute Gasteiger partial charge is 0.317 e. The minimum absolute atomic E-state index is 0.190. The van der Waals surface area contributed by atoms with Gasteiger partial charge in [0.15, 0.2) is 0 Å². The first-order valence-electron chi connectivity index (χ1n) is 11.3. The van der Waals surface area contributed by atoms with E-state index in [1.54, 1.807) is 6.07 Å². The highest BCUT2D eigenvalue weighted by Gasteiger charge is 2.63. The summed E-state index contributed by atoms with van der Waals surface area (Å²) >= 11 is 20.8. The molecule has 3 aliphatic rings. The fourth-order valence-electron chi connectivity index (χ4n) is 5.16. The van der Waals surface area contributed by atoms with E-state index in [9.17, 15) is 19.2 Å². The number of carbonyl (C=O) groups is 4. The molecule has 1 unspecified atom stereocenters. The van der Waals surface area contributed by atoms with E-state index in [2.05, 4.69) is 21.2 Å². The lowest BCUT2D eigenvalue weighted by molar-refractivity contribution is -0.147. The van der Waals surface area contributed by atoms with E-state index in [1.807, 2.05) is 36.4 Å². The van der Waals surface area contributed by atoms with E-state index < -0.39 is 27.1 Å². The zero-order valence-electron chi connectivity index (χ0n) is 18.7. The number of hydrogen-bond acceptors (Lipinski definition) is 5. The molecule has 3 amide bonds. The lowest BCUT2D eigenvalue weighted by atomic mass is 9.90. The average Bonchev–Trinajstić information content (AvgIpc) is 3.50. The molecule has 1 N–H and O–H groups in total. The van der Waals surface area contributed by atoms with Crippen LogP contribution in [-0.4, -0.2) is 45.0 Å². The van der Waals surface area contributed by atoms with Crippen LogP contribution >= 0.6 is 50.7 Å². The zero-order valence-corrected chi connectivity index (χ0v) is 22.6. The second kappa shape index (κ2) is 9.31. The summed E-state index contributed by atoms with van der Waals surface area (Å²) in [5.41, 5.74) is 1.99. The second-order valence-corrected chi connectivity index (χ2v) is 12.7. The number of benzene rings is 2. The Morgan fingerprint density at radius 3 is 2.53 bits per heavy atom. The second-order valence-electron chi connectivity index (χ2n) is 9.24. The van der Waals surface area contributed by atoms with Crippen molar-refractivity contribution in [3.8, 4) is 0 Å². The van der Waals surface area contributed by atoms with Crippen LogP contribution in [0.3, 0.4) is 0 Å². The Balaban J connectivity index is 1.42. The maximum Gasteiger partial charge on any atom is 0.317 e. The lowest BCUT2D eigenvalue weighted by Crippen LogP contribution is -2.52. The van der Waals surface area contributed by atoms with Gasteiger partial charge in [0.1, 0.15) is 18.1 Å². The summed E-state index contributed by atoms with van der Waals surface area (Å²) in [6.45, 7) is -0.120. The van der Waals surface area contributed by atoms with E-state index in [-0.39, 0.29) is 37.3 Å². The maximum atomic E-state index is 13.3. The summed E-state index contributed by atoms with van der Waals surface area (Å²) in [6, 6.07) is 12.2. The summed E-state index contributed by atoms with van der Waals surface area (Å²) in [7, 11) is 0. The normalized spacial score (nSPS) is 25.4. The molecule has 2 heterocycles. The van der Waals surface area contributed by atoms with Crippen LogP contribution < -0.4 is 5.32 Å². The molecular weight excluding hydrogens is 595 g/mol. The Bertz CT molecular complexity index is 1280. The number of ether oxygens (including phenoxy) is 1. The molecule has 188 valence electrons. The van der Waals surface area contributed by atoms with Crippen LogP contribution in [0.1, 0.15) is 52.2 Å². The van der Waals surface area contributed by atoms with Gasteiger partial charge in [0.25, 0.3) is 5.91 Å². The van der Waals surface area contributed by atoms with Gasteiger partial charge in [-0.3, -0.25) is 24.5 Å². The van der Waals surface area contributed by atoms with Crippen LogP contribution in [0.2, 0.25) is 0 Å². The molecule has 1 saturated carbocycles. The summed E-state index contributed by atoms with van der Waals surface area (Å²) in [4.78, 5) is 51.7. The summed E-state index contributed by atoms with van der Waals surface area (Å²) in [6.07, 6.45) is 0.981. The molecular formula is C25H20BrCl3N2O5. The van der Waals surface area contributed by atoms with Crippen molar-refractivity contribution in [2.75, 3.05) is 6.61 Å². The number of nitrogens with one attached hydrogen (secondary N) is 1. The molecule has 7 nitrogen and oxygen atoms in total. The van der Waals surface area contributed by atoms with Crippen LogP contribution in [0.25, 0.3) is 0 Å². The first-order chi connectivity index (χ1) is 17.0. The largest absolute Gasteiger partial charge is 0.460 e. The van der Waals surface area contributed by atoms with Crippen molar-refractivity contribution in [2.24, 2.45) is 0 Å². The van der Waals surface area contributed by atoms with Gasteiger partial charge in [0.05, 0.1) is 0 Å². The fraction of sp³-hybridized carbons (Fsp3) is 0.360. The van der Waals surface area contributed by atoms with Gasteiger partial charge in [-0.2, -0.15) is 0 Å². The van der Waals surface area contributed by atoms with E-state index >= 15 is 0 Å². The van der Waals surface area contributed by atoms with Crippen molar-refractivity contribution < 1.29 is 23.9 Å². The van der Waals surface area contributed by atoms with Crippen molar-refractivity contribution in [3.05, 3.63) is 69.2 Å². The number of piperidine rings is 1. The van der Waals surface area contributed by atoms with Crippen LogP contribution in [-0.2, 0) is 31.1 Å². The van der Waals surface area contributed by atoms with Gasteiger partial charge >= 0.3 is 5.97 Å². The minimum atomic E-state index is -1.73. The van der Waals surface area contributed by atoms with Crippen LogP contribution in [0, 0.1) is 0 Å². The number of amides is 3. The number of carbonyl (C=O) groups excluding carboxylic acids is 4. The van der Waals surface area contributed by atoms with Crippen molar-refractivity contribution in [1.29, 1.82) is 0 Å². The molecule has 1 saturated heterocycles. The summed E-state index contributed by atoms with van der Waals surface area (Å²) < 4.78 is 4.56. The number of esters is 1. The fourth-order valence-corrected chi connectivity index (χ4v) is 5.59. The highest BCUT2D eigenvalue weighted by atomic mass is 79.9. The maximum absolute atomic E-state index is 13.3. The SMILES string of the molecule is O=C1CCC(N2Cc3cc([C@@H]4C[C@]4(C(=O)OCC(Cl)(Cl)Cl)c4ccc(Br)cc4)ccc3C2=O)C(=O)N1. The number of imide groups is 1. The minimum Gasteiger partial charge on any atom is -0.460 e. The van der Waals surface area contributed by atoms with Crippen LogP contribution in [0.15, 0.2) is 46.9 Å². The van der Waals surface area contributed by atoms with Crippen molar-refractivity contribution >= 4 is 74.4 Å². The number of nitrogens with zero attached hydrogens (tertiary/aromatic N) is 1. The quantitative estimate of drug-likeness (QED) is 0.303. The Morgan fingerprint density at radius 2 is 1.86 bits per heavy atom. The molecule has 2 fully saturated rings. The van der Waals surface area contributed by atoms with Crippen LogP contribution in [0.5, 0.6) is 0 Å². The standard InChI is InChI=1S/C25H20BrCl3N2O5/c26-16-4-2-15(3-5-16)24(23(35)36-12-25(27,28)29)10-18(24)13-1-6-17-14(9-13)11-31(22(17)34)19-7-8-20(32)30-21(19)33/h1-6,9,18-19H,7-8,10-12H2,(H,30,32,33)/t18-,19?,24-/m0/s1. The zero-order chi connectivity index (χ0) is 25.8. The first kappa shape index (κ1) is 25.5. The predicted octanol–water partition coefficient (Wildman–Crippen LogP) is 4.55. The number of alkyl halides is 3. The molecule has 2 aromatic carbocycles. The van der Waals surface area contributed by atoms with E-state index in [1.165, 1.54) is 4.90 Å². The van der Waals surface area contributed by atoms with Gasteiger partial charge in [-0.15, -0.1) is 0 Å². The average molecular weight is 615 g/mol. The van der Waals surface area contributed by atoms with Gasteiger partial charge < -0.3 is 9.64 Å². The monoisotopic (exact) mass is 612 g/mol. The molecule has 36 heavy (non-hydrogen) atoms. The number of halogens is 4. The van der Waals surface area contributed by atoms with E-state index in [4.69, 9.17) is 39.5 Å². The molecule has 0 bridgehead atoms. The molecule has 11 heteroatoms. The summed E-state index contributed by atoms with van der Waals surface area (Å²) in [5, 5.41) is 2.31. The number of rotatable bonds is 5. The van der Waals surface area contributed by atoms with Gasteiger partial charge in [0.2, 0.25) is 15.6 Å². The van der Waals surface area contributed by atoms with Gasteiger partial charge in [0, 0.05) is 28.9 Å². The topological polar surface area (TPSA) is 92.8 Å².